The van der Waals surface area contributed by atoms with Gasteiger partial charge in [-0.05, 0) is 48.9 Å². The molecule has 0 bridgehead atoms. The van der Waals surface area contributed by atoms with E-state index in [0.717, 1.165) is 27.8 Å². The van der Waals surface area contributed by atoms with Crippen LogP contribution in [0.5, 0.6) is 0 Å². The van der Waals surface area contributed by atoms with Crippen molar-refractivity contribution in [2.24, 2.45) is 10.2 Å². The summed E-state index contributed by atoms with van der Waals surface area (Å²) in [5.41, 5.74) is 4.90. The normalized spacial score (nSPS) is 11.1. The van der Waals surface area contributed by atoms with Gasteiger partial charge in [0.2, 0.25) is 0 Å². The van der Waals surface area contributed by atoms with Gasteiger partial charge < -0.3 is 10.3 Å². The molecule has 0 atom stereocenters. The average Bonchev–Trinajstić information content (AvgIpc) is 3.12. The van der Waals surface area contributed by atoms with Gasteiger partial charge in [-0.15, -0.1) is 5.11 Å². The molecule has 0 saturated heterocycles. The third-order valence-corrected chi connectivity index (χ3v) is 4.36. The van der Waals surface area contributed by atoms with Gasteiger partial charge in [0, 0.05) is 28.4 Å². The molecule has 0 aliphatic heterocycles. The predicted molar refractivity (Wildman–Crippen MR) is 108 cm³/mol. The first-order valence-electron chi connectivity index (χ1n) is 8.65. The topological polar surface area (TPSA) is 69.6 Å². The molecule has 0 saturated carbocycles. The van der Waals surface area contributed by atoms with Crippen LogP contribution in [0.3, 0.4) is 0 Å². The molecule has 0 fully saturated rings. The Morgan fingerprint density at radius 2 is 1.63 bits per heavy atom. The molecule has 2 N–H and O–H groups in total. The predicted octanol–water partition coefficient (Wildman–Crippen LogP) is 6.14. The first kappa shape index (κ1) is 16.7. The number of benzene rings is 3. The fraction of sp³-hybridized carbons (Fsp3) is 0.0455. The molecule has 0 spiro atoms. The Balaban J connectivity index is 1.49. The maximum Gasteiger partial charge on any atom is 0.255 e. The molecule has 0 aliphatic rings. The van der Waals surface area contributed by atoms with Gasteiger partial charge >= 0.3 is 0 Å². The van der Waals surface area contributed by atoms with Gasteiger partial charge in [0.05, 0.1) is 5.69 Å². The van der Waals surface area contributed by atoms with Crippen molar-refractivity contribution in [3.63, 3.8) is 0 Å². The third kappa shape index (κ3) is 3.62. The Hall–Kier alpha value is -3.73. The van der Waals surface area contributed by atoms with Crippen LogP contribution in [-0.4, -0.2) is 10.9 Å². The standard InChI is InChI=1S/C22H18N4O/c1-15-6-2-4-8-19(15)24-22(27)16-10-12-17(13-11-16)25-26-21-14-23-20-9-5-3-7-18(20)21/h2-14,23H,1H3,(H,24,27). The molecule has 3 aromatic carbocycles. The highest BCUT2D eigenvalue weighted by molar-refractivity contribution is 6.04. The summed E-state index contributed by atoms with van der Waals surface area (Å²) >= 11 is 0. The smallest absolute Gasteiger partial charge is 0.255 e. The molecule has 0 aliphatic carbocycles. The largest absolute Gasteiger partial charge is 0.359 e. The zero-order valence-corrected chi connectivity index (χ0v) is 14.8. The van der Waals surface area contributed by atoms with Crippen LogP contribution in [-0.2, 0) is 0 Å². The van der Waals surface area contributed by atoms with E-state index in [0.29, 0.717) is 11.3 Å². The number of amides is 1. The summed E-state index contributed by atoms with van der Waals surface area (Å²) in [4.78, 5) is 15.6. The van der Waals surface area contributed by atoms with E-state index >= 15 is 0 Å². The van der Waals surface area contributed by atoms with Gasteiger partial charge in [-0.3, -0.25) is 4.79 Å². The molecule has 1 amide bonds. The second kappa shape index (κ2) is 7.25. The number of nitrogens with zero attached hydrogens (tertiary/aromatic N) is 2. The van der Waals surface area contributed by atoms with E-state index in [-0.39, 0.29) is 5.91 Å². The number of nitrogens with one attached hydrogen (secondary N) is 2. The monoisotopic (exact) mass is 354 g/mol. The zero-order valence-electron chi connectivity index (χ0n) is 14.8. The number of hydrogen-bond donors (Lipinski definition) is 2. The van der Waals surface area contributed by atoms with Crippen LogP contribution in [0.25, 0.3) is 10.9 Å². The summed E-state index contributed by atoms with van der Waals surface area (Å²) in [5, 5.41) is 12.5. The van der Waals surface area contributed by atoms with Gasteiger partial charge in [0.25, 0.3) is 5.91 Å². The molecule has 27 heavy (non-hydrogen) atoms. The number of fused-ring (bicyclic) bond motifs is 1. The van der Waals surface area contributed by atoms with Crippen molar-refractivity contribution in [2.45, 2.75) is 6.92 Å². The Morgan fingerprint density at radius 1 is 0.889 bits per heavy atom. The lowest BCUT2D eigenvalue weighted by Crippen LogP contribution is -2.12. The van der Waals surface area contributed by atoms with E-state index in [1.54, 1.807) is 24.3 Å². The van der Waals surface area contributed by atoms with Gasteiger partial charge in [-0.1, -0.05) is 36.4 Å². The van der Waals surface area contributed by atoms with Crippen LogP contribution < -0.4 is 5.32 Å². The number of aromatic amines is 1. The first-order chi connectivity index (χ1) is 13.2. The molecular weight excluding hydrogens is 336 g/mol. The van der Waals surface area contributed by atoms with E-state index in [2.05, 4.69) is 20.5 Å². The summed E-state index contributed by atoms with van der Waals surface area (Å²) in [7, 11) is 0. The molecule has 5 heteroatoms. The van der Waals surface area contributed by atoms with E-state index < -0.39 is 0 Å². The number of carbonyl (C=O) groups is 1. The highest BCUT2D eigenvalue weighted by Crippen LogP contribution is 2.27. The number of azo groups is 1. The first-order valence-corrected chi connectivity index (χ1v) is 8.65. The Bertz CT molecular complexity index is 1130. The third-order valence-electron chi connectivity index (χ3n) is 4.36. The molecule has 0 radical (unpaired) electrons. The minimum atomic E-state index is -0.149. The summed E-state index contributed by atoms with van der Waals surface area (Å²) < 4.78 is 0. The summed E-state index contributed by atoms with van der Waals surface area (Å²) in [6.07, 6.45) is 1.83. The molecule has 5 nitrogen and oxygen atoms in total. The van der Waals surface area contributed by atoms with Crippen LogP contribution in [0.15, 0.2) is 89.2 Å². The minimum Gasteiger partial charge on any atom is -0.359 e. The zero-order chi connectivity index (χ0) is 18.6. The molecule has 132 valence electrons. The van der Waals surface area contributed by atoms with Crippen molar-refractivity contribution in [3.05, 3.63) is 90.1 Å². The fourth-order valence-electron chi connectivity index (χ4n) is 2.84. The number of anilines is 1. The number of aromatic nitrogens is 1. The average molecular weight is 354 g/mol. The second-order valence-corrected chi connectivity index (χ2v) is 6.24. The van der Waals surface area contributed by atoms with E-state index in [1.165, 1.54) is 0 Å². The fourth-order valence-corrected chi connectivity index (χ4v) is 2.84. The molecular formula is C22H18N4O. The lowest BCUT2D eigenvalue weighted by molar-refractivity contribution is 0.102. The number of hydrogen-bond acceptors (Lipinski definition) is 3. The summed E-state index contributed by atoms with van der Waals surface area (Å²) in [5.74, 6) is -0.149. The molecule has 1 heterocycles. The molecule has 4 rings (SSSR count). The SMILES string of the molecule is Cc1ccccc1NC(=O)c1ccc(N=Nc2c[nH]c3ccccc23)cc1. The summed E-state index contributed by atoms with van der Waals surface area (Å²) in [6.45, 7) is 1.96. The van der Waals surface area contributed by atoms with Gasteiger partial charge in [0.1, 0.15) is 5.69 Å². The Labute approximate surface area is 156 Å². The van der Waals surface area contributed by atoms with E-state index in [1.807, 2.05) is 61.7 Å². The highest BCUT2D eigenvalue weighted by Gasteiger charge is 2.07. The van der Waals surface area contributed by atoms with Crippen molar-refractivity contribution >= 4 is 33.9 Å². The Kier molecular flexibility index (Phi) is 4.49. The van der Waals surface area contributed by atoms with E-state index in [4.69, 9.17) is 0 Å². The van der Waals surface area contributed by atoms with Crippen LogP contribution in [0.4, 0.5) is 17.1 Å². The molecule has 0 unspecified atom stereocenters. The highest BCUT2D eigenvalue weighted by atomic mass is 16.1. The van der Waals surface area contributed by atoms with Crippen LogP contribution >= 0.6 is 0 Å². The van der Waals surface area contributed by atoms with Crippen molar-refractivity contribution < 1.29 is 4.79 Å². The summed E-state index contributed by atoms with van der Waals surface area (Å²) in [6, 6.07) is 22.7. The van der Waals surface area contributed by atoms with Gasteiger partial charge in [0.15, 0.2) is 0 Å². The number of rotatable bonds is 4. The van der Waals surface area contributed by atoms with E-state index in [9.17, 15) is 4.79 Å². The van der Waals surface area contributed by atoms with Crippen LogP contribution in [0.2, 0.25) is 0 Å². The quantitative estimate of drug-likeness (QED) is 0.424. The lowest BCUT2D eigenvalue weighted by Gasteiger charge is -2.08. The number of para-hydroxylation sites is 2. The number of aryl methyl sites for hydroxylation is 1. The van der Waals surface area contributed by atoms with Crippen molar-refractivity contribution in [3.8, 4) is 0 Å². The number of H-pyrrole nitrogens is 1. The maximum atomic E-state index is 12.4. The van der Waals surface area contributed by atoms with Crippen molar-refractivity contribution in [1.82, 2.24) is 4.98 Å². The number of carbonyl (C=O) groups excluding carboxylic acids is 1. The van der Waals surface area contributed by atoms with Gasteiger partial charge in [-0.2, -0.15) is 5.11 Å². The minimum absolute atomic E-state index is 0.149. The maximum absolute atomic E-state index is 12.4. The van der Waals surface area contributed by atoms with Crippen LogP contribution in [0.1, 0.15) is 15.9 Å². The van der Waals surface area contributed by atoms with Gasteiger partial charge in [-0.25, -0.2) is 0 Å². The molecule has 1 aromatic heterocycles. The second-order valence-electron chi connectivity index (χ2n) is 6.24. The van der Waals surface area contributed by atoms with Crippen molar-refractivity contribution in [1.29, 1.82) is 0 Å². The molecule has 4 aromatic rings. The van der Waals surface area contributed by atoms with Crippen molar-refractivity contribution in [2.75, 3.05) is 5.32 Å². The Morgan fingerprint density at radius 3 is 2.44 bits per heavy atom. The lowest BCUT2D eigenvalue weighted by atomic mass is 10.1. The van der Waals surface area contributed by atoms with Crippen LogP contribution in [0, 0.1) is 6.92 Å².